The zero-order valence-corrected chi connectivity index (χ0v) is 15.1. The minimum atomic E-state index is 0.386. The zero-order chi connectivity index (χ0) is 15.3. The summed E-state index contributed by atoms with van der Waals surface area (Å²) >= 11 is 0. The Bertz CT molecular complexity index is 227. The summed E-state index contributed by atoms with van der Waals surface area (Å²) in [5.41, 5.74) is 0.880. The molecule has 19 heavy (non-hydrogen) atoms. The molecule has 1 heterocycles. The molecule has 0 aromatic heterocycles. The Labute approximate surface area is 123 Å². The van der Waals surface area contributed by atoms with Crippen LogP contribution in [0, 0.1) is 17.3 Å². The van der Waals surface area contributed by atoms with Crippen LogP contribution in [0.3, 0.4) is 0 Å². The Balaban J connectivity index is 0.00000154. The van der Waals surface area contributed by atoms with Crippen molar-refractivity contribution in [1.82, 2.24) is 4.90 Å². The molecule has 1 saturated heterocycles. The molecule has 0 saturated carbocycles. The molecular formula is C18H39N. The minimum absolute atomic E-state index is 0.386. The van der Waals surface area contributed by atoms with Gasteiger partial charge in [0.25, 0.3) is 0 Å². The van der Waals surface area contributed by atoms with Gasteiger partial charge in [0, 0.05) is 5.54 Å². The van der Waals surface area contributed by atoms with Gasteiger partial charge in [-0.1, -0.05) is 48.5 Å². The molecule has 0 spiro atoms. The van der Waals surface area contributed by atoms with Crippen LogP contribution in [0.4, 0.5) is 0 Å². The summed E-state index contributed by atoms with van der Waals surface area (Å²) in [7, 11) is 0. The molecule has 1 aliphatic heterocycles. The molecular weight excluding hydrogens is 230 g/mol. The predicted molar refractivity (Wildman–Crippen MR) is 88.6 cm³/mol. The van der Waals surface area contributed by atoms with Crippen molar-refractivity contribution in [3.63, 3.8) is 0 Å². The topological polar surface area (TPSA) is 3.24 Å². The fraction of sp³-hybridized carbons (Fsp3) is 1.00. The van der Waals surface area contributed by atoms with Gasteiger partial charge in [-0.2, -0.15) is 0 Å². The van der Waals surface area contributed by atoms with E-state index in [2.05, 4.69) is 53.4 Å². The van der Waals surface area contributed by atoms with Crippen molar-refractivity contribution in [2.75, 3.05) is 13.1 Å². The van der Waals surface area contributed by atoms with Crippen molar-refractivity contribution < 1.29 is 0 Å². The van der Waals surface area contributed by atoms with E-state index in [1.54, 1.807) is 0 Å². The molecule has 0 bridgehead atoms. The van der Waals surface area contributed by atoms with Gasteiger partial charge in [0.05, 0.1) is 0 Å². The highest BCUT2D eigenvalue weighted by Crippen LogP contribution is 2.37. The molecule has 1 heteroatoms. The molecule has 0 radical (unpaired) electrons. The zero-order valence-electron chi connectivity index (χ0n) is 15.1. The molecule has 116 valence electrons. The van der Waals surface area contributed by atoms with Crippen LogP contribution in [0.15, 0.2) is 0 Å². The summed E-state index contributed by atoms with van der Waals surface area (Å²) in [6.45, 7) is 23.3. The number of rotatable bonds is 3. The van der Waals surface area contributed by atoms with Crippen LogP contribution in [0.2, 0.25) is 0 Å². The number of hydrogen-bond acceptors (Lipinski definition) is 1. The van der Waals surface area contributed by atoms with E-state index in [-0.39, 0.29) is 0 Å². The normalized spacial score (nSPS) is 19.3. The molecule has 1 rings (SSSR count). The van der Waals surface area contributed by atoms with E-state index in [1.165, 1.54) is 32.4 Å². The van der Waals surface area contributed by atoms with Crippen molar-refractivity contribution in [2.24, 2.45) is 17.3 Å². The summed E-state index contributed by atoms with van der Waals surface area (Å²) < 4.78 is 0. The Morgan fingerprint density at radius 1 is 0.947 bits per heavy atom. The Morgan fingerprint density at radius 3 is 1.68 bits per heavy atom. The lowest BCUT2D eigenvalue weighted by Crippen LogP contribution is -2.50. The standard InChI is InChI=1S/C16H33N.C2H6/c1-13(2)12-16(6,7)17-10-8-14(9-11-17)15(3,4)5;1-2/h13-14H,8-12H2,1-7H3;1-2H3. The molecule has 0 aromatic rings. The van der Waals surface area contributed by atoms with Crippen LogP contribution in [-0.4, -0.2) is 23.5 Å². The Kier molecular flexibility index (Phi) is 7.65. The highest BCUT2D eigenvalue weighted by Gasteiger charge is 2.34. The van der Waals surface area contributed by atoms with Crippen molar-refractivity contribution >= 4 is 0 Å². The monoisotopic (exact) mass is 269 g/mol. The summed E-state index contributed by atoms with van der Waals surface area (Å²) in [5.74, 6) is 1.71. The first kappa shape index (κ1) is 19.0. The van der Waals surface area contributed by atoms with E-state index in [0.717, 1.165) is 11.8 Å². The second kappa shape index (κ2) is 7.67. The predicted octanol–water partition coefficient (Wildman–Crippen LogP) is 5.60. The SMILES string of the molecule is CC.CC(C)CC(C)(C)N1CCC(C(C)(C)C)CC1. The molecule has 1 nitrogen and oxygen atoms in total. The summed E-state index contributed by atoms with van der Waals surface area (Å²) in [4.78, 5) is 2.72. The van der Waals surface area contributed by atoms with Gasteiger partial charge in [0.1, 0.15) is 0 Å². The van der Waals surface area contributed by atoms with Crippen LogP contribution in [-0.2, 0) is 0 Å². The Hall–Kier alpha value is -0.0400. The van der Waals surface area contributed by atoms with Crippen LogP contribution in [0.1, 0.15) is 81.6 Å². The van der Waals surface area contributed by atoms with E-state index < -0.39 is 0 Å². The third-order valence-corrected chi connectivity index (χ3v) is 4.48. The van der Waals surface area contributed by atoms with Crippen molar-refractivity contribution in [3.8, 4) is 0 Å². The van der Waals surface area contributed by atoms with E-state index in [1.807, 2.05) is 13.8 Å². The van der Waals surface area contributed by atoms with Crippen molar-refractivity contribution in [2.45, 2.75) is 87.1 Å². The number of piperidine rings is 1. The van der Waals surface area contributed by atoms with E-state index in [0.29, 0.717) is 11.0 Å². The van der Waals surface area contributed by atoms with Crippen LogP contribution in [0.25, 0.3) is 0 Å². The molecule has 0 aliphatic carbocycles. The average Bonchev–Trinajstić information content (AvgIpc) is 2.29. The quantitative estimate of drug-likeness (QED) is 0.645. The maximum atomic E-state index is 2.72. The first-order chi connectivity index (χ1) is 8.63. The summed E-state index contributed by atoms with van der Waals surface area (Å²) in [6, 6.07) is 0. The van der Waals surface area contributed by atoms with Crippen LogP contribution >= 0.6 is 0 Å². The first-order valence-corrected chi connectivity index (χ1v) is 8.38. The minimum Gasteiger partial charge on any atom is -0.298 e. The fourth-order valence-corrected chi connectivity index (χ4v) is 3.48. The van der Waals surface area contributed by atoms with Gasteiger partial charge in [0.2, 0.25) is 0 Å². The second-order valence-corrected chi connectivity index (χ2v) is 8.04. The summed E-state index contributed by atoms with van der Waals surface area (Å²) in [5, 5.41) is 0. The second-order valence-electron chi connectivity index (χ2n) is 8.04. The van der Waals surface area contributed by atoms with E-state index >= 15 is 0 Å². The van der Waals surface area contributed by atoms with Gasteiger partial charge in [-0.25, -0.2) is 0 Å². The third-order valence-electron chi connectivity index (χ3n) is 4.48. The third kappa shape index (κ3) is 6.29. The summed E-state index contributed by atoms with van der Waals surface area (Å²) in [6.07, 6.45) is 4.07. The van der Waals surface area contributed by atoms with Gasteiger partial charge in [-0.15, -0.1) is 0 Å². The average molecular weight is 270 g/mol. The highest BCUT2D eigenvalue weighted by molar-refractivity contribution is 4.88. The molecule has 0 amide bonds. The van der Waals surface area contributed by atoms with Crippen molar-refractivity contribution in [3.05, 3.63) is 0 Å². The van der Waals surface area contributed by atoms with Gasteiger partial charge in [0.15, 0.2) is 0 Å². The number of hydrogen-bond donors (Lipinski definition) is 0. The maximum absolute atomic E-state index is 2.72. The van der Waals surface area contributed by atoms with Gasteiger partial charge in [-0.3, -0.25) is 4.90 Å². The first-order valence-electron chi connectivity index (χ1n) is 8.38. The maximum Gasteiger partial charge on any atom is 0.0155 e. The van der Waals surface area contributed by atoms with Crippen LogP contribution < -0.4 is 0 Å². The van der Waals surface area contributed by atoms with Gasteiger partial charge in [-0.05, 0) is 63.5 Å². The Morgan fingerprint density at radius 2 is 1.37 bits per heavy atom. The van der Waals surface area contributed by atoms with E-state index in [9.17, 15) is 0 Å². The van der Waals surface area contributed by atoms with Gasteiger partial charge < -0.3 is 0 Å². The lowest BCUT2D eigenvalue weighted by atomic mass is 9.74. The highest BCUT2D eigenvalue weighted by atomic mass is 15.2. The molecule has 0 unspecified atom stereocenters. The molecule has 0 atom stereocenters. The molecule has 1 fully saturated rings. The molecule has 1 aliphatic rings. The molecule has 0 aromatic carbocycles. The van der Waals surface area contributed by atoms with E-state index in [4.69, 9.17) is 0 Å². The van der Waals surface area contributed by atoms with Crippen LogP contribution in [0.5, 0.6) is 0 Å². The van der Waals surface area contributed by atoms with Gasteiger partial charge >= 0.3 is 0 Å². The largest absolute Gasteiger partial charge is 0.298 e. The molecule has 0 N–H and O–H groups in total. The lowest BCUT2D eigenvalue weighted by molar-refractivity contribution is 0.0334. The van der Waals surface area contributed by atoms with Crippen molar-refractivity contribution in [1.29, 1.82) is 0 Å². The smallest absolute Gasteiger partial charge is 0.0155 e. The lowest BCUT2D eigenvalue weighted by Gasteiger charge is -2.46. The number of nitrogens with zero attached hydrogens (tertiary/aromatic N) is 1. The fourth-order valence-electron chi connectivity index (χ4n) is 3.48. The number of likely N-dealkylation sites (tertiary alicyclic amines) is 1.